The molecule has 1 N–H and O–H groups in total. The Bertz CT molecular complexity index is 703. The van der Waals surface area contributed by atoms with E-state index in [4.69, 9.17) is 23.2 Å². The Balaban J connectivity index is 1.49. The summed E-state index contributed by atoms with van der Waals surface area (Å²) in [6.45, 7) is 3.20. The van der Waals surface area contributed by atoms with Gasteiger partial charge in [0.1, 0.15) is 5.82 Å². The van der Waals surface area contributed by atoms with Crippen LogP contribution in [-0.2, 0) is 4.79 Å². The maximum absolute atomic E-state index is 12.3. The van der Waals surface area contributed by atoms with Crippen molar-refractivity contribution < 1.29 is 4.79 Å². The molecule has 2 aromatic rings. The minimum absolute atomic E-state index is 0.0711. The topological polar surface area (TPSA) is 48.5 Å². The summed E-state index contributed by atoms with van der Waals surface area (Å²) in [5, 5.41) is 4.06. The third kappa shape index (κ3) is 4.10. The first-order chi connectivity index (χ1) is 11.6. The average Bonchev–Trinajstić information content (AvgIpc) is 2.63. The van der Waals surface area contributed by atoms with Crippen LogP contribution in [0.2, 0.25) is 10.0 Å². The number of nitrogens with one attached hydrogen (secondary N) is 1. The molecule has 1 amide bonds. The lowest BCUT2D eigenvalue weighted by atomic mass is 10.3. The van der Waals surface area contributed by atoms with Gasteiger partial charge in [0, 0.05) is 38.1 Å². The van der Waals surface area contributed by atoms with Crippen LogP contribution in [0, 0.1) is 0 Å². The van der Waals surface area contributed by atoms with Gasteiger partial charge in [-0.25, -0.2) is 4.98 Å². The Morgan fingerprint density at radius 1 is 1.08 bits per heavy atom. The molecule has 7 heteroatoms. The second kappa shape index (κ2) is 7.73. The second-order valence-electron chi connectivity index (χ2n) is 5.54. The van der Waals surface area contributed by atoms with Gasteiger partial charge < -0.3 is 15.1 Å². The highest BCUT2D eigenvalue weighted by Gasteiger charge is 2.21. The molecule has 0 saturated carbocycles. The van der Waals surface area contributed by atoms with E-state index >= 15 is 0 Å². The van der Waals surface area contributed by atoms with E-state index in [1.54, 1.807) is 24.4 Å². The molecule has 0 aliphatic carbocycles. The predicted octanol–water partition coefficient (Wildman–Crippen LogP) is 3.15. The van der Waals surface area contributed by atoms with Gasteiger partial charge in [0.15, 0.2) is 0 Å². The van der Waals surface area contributed by atoms with Gasteiger partial charge in [-0.05, 0) is 30.3 Å². The molecule has 0 radical (unpaired) electrons. The lowest BCUT2D eigenvalue weighted by Gasteiger charge is -2.35. The molecule has 126 valence electrons. The van der Waals surface area contributed by atoms with Crippen molar-refractivity contribution in [3.8, 4) is 0 Å². The summed E-state index contributed by atoms with van der Waals surface area (Å²) in [6.07, 6.45) is 1.79. The number of aromatic nitrogens is 1. The molecule has 0 atom stereocenters. The Kier molecular flexibility index (Phi) is 5.43. The van der Waals surface area contributed by atoms with E-state index in [-0.39, 0.29) is 12.5 Å². The molecule has 1 aliphatic rings. The minimum atomic E-state index is 0.0711. The number of hydrogen-bond donors (Lipinski definition) is 1. The van der Waals surface area contributed by atoms with E-state index in [1.807, 2.05) is 23.1 Å². The number of anilines is 2. The average molecular weight is 365 g/mol. The number of hydrogen-bond acceptors (Lipinski definition) is 4. The van der Waals surface area contributed by atoms with Crippen molar-refractivity contribution in [2.75, 3.05) is 42.9 Å². The molecular weight excluding hydrogens is 347 g/mol. The van der Waals surface area contributed by atoms with Crippen LogP contribution in [0.3, 0.4) is 0 Å². The van der Waals surface area contributed by atoms with E-state index in [1.165, 1.54) is 0 Å². The molecule has 1 aromatic heterocycles. The zero-order valence-corrected chi connectivity index (χ0v) is 14.6. The first-order valence-electron chi connectivity index (χ1n) is 7.76. The van der Waals surface area contributed by atoms with Gasteiger partial charge in [-0.1, -0.05) is 29.3 Å². The van der Waals surface area contributed by atoms with Crippen molar-refractivity contribution in [1.29, 1.82) is 0 Å². The molecule has 1 aliphatic heterocycles. The quantitative estimate of drug-likeness (QED) is 0.905. The smallest absolute Gasteiger partial charge is 0.241 e. The molecule has 2 heterocycles. The normalized spacial score (nSPS) is 14.6. The summed E-state index contributed by atoms with van der Waals surface area (Å²) in [5.74, 6) is 1.03. The van der Waals surface area contributed by atoms with Crippen molar-refractivity contribution >= 4 is 40.6 Å². The summed E-state index contributed by atoms with van der Waals surface area (Å²) in [4.78, 5) is 20.7. The second-order valence-corrected chi connectivity index (χ2v) is 6.35. The van der Waals surface area contributed by atoms with E-state index in [2.05, 4.69) is 15.2 Å². The first kappa shape index (κ1) is 16.9. The third-order valence-electron chi connectivity index (χ3n) is 3.97. The van der Waals surface area contributed by atoms with E-state index < -0.39 is 0 Å². The number of pyridine rings is 1. The largest absolute Gasteiger partial charge is 0.376 e. The van der Waals surface area contributed by atoms with Gasteiger partial charge in [0.25, 0.3) is 0 Å². The van der Waals surface area contributed by atoms with Crippen LogP contribution in [0.1, 0.15) is 0 Å². The molecule has 0 bridgehead atoms. The maximum Gasteiger partial charge on any atom is 0.241 e. The number of carbonyl (C=O) groups is 1. The summed E-state index contributed by atoms with van der Waals surface area (Å²) < 4.78 is 0. The van der Waals surface area contributed by atoms with Crippen LogP contribution in [0.4, 0.5) is 11.5 Å². The van der Waals surface area contributed by atoms with E-state index in [0.29, 0.717) is 23.1 Å². The van der Waals surface area contributed by atoms with Gasteiger partial charge in [0.2, 0.25) is 5.91 Å². The first-order valence-corrected chi connectivity index (χ1v) is 8.52. The predicted molar refractivity (Wildman–Crippen MR) is 98.0 cm³/mol. The van der Waals surface area contributed by atoms with Crippen LogP contribution < -0.4 is 10.2 Å². The SMILES string of the molecule is O=C(CNc1ccc(Cl)c(Cl)c1)N1CCN(c2ccccn2)CC1. The number of piperazine rings is 1. The number of halogens is 2. The number of benzene rings is 1. The number of amides is 1. The van der Waals surface area contributed by atoms with Gasteiger partial charge >= 0.3 is 0 Å². The highest BCUT2D eigenvalue weighted by Crippen LogP contribution is 2.24. The van der Waals surface area contributed by atoms with Gasteiger partial charge in [-0.15, -0.1) is 0 Å². The van der Waals surface area contributed by atoms with Crippen molar-refractivity contribution in [3.63, 3.8) is 0 Å². The van der Waals surface area contributed by atoms with Gasteiger partial charge in [-0.3, -0.25) is 4.79 Å². The van der Waals surface area contributed by atoms with Crippen molar-refractivity contribution in [2.45, 2.75) is 0 Å². The summed E-state index contributed by atoms with van der Waals surface area (Å²) in [5.41, 5.74) is 0.782. The Morgan fingerprint density at radius 2 is 1.88 bits per heavy atom. The lowest BCUT2D eigenvalue weighted by molar-refractivity contribution is -0.129. The zero-order chi connectivity index (χ0) is 16.9. The summed E-state index contributed by atoms with van der Waals surface area (Å²) >= 11 is 11.9. The Morgan fingerprint density at radius 3 is 2.54 bits per heavy atom. The third-order valence-corrected chi connectivity index (χ3v) is 4.71. The van der Waals surface area contributed by atoms with Crippen molar-refractivity contribution in [3.05, 3.63) is 52.6 Å². The van der Waals surface area contributed by atoms with Crippen molar-refractivity contribution in [1.82, 2.24) is 9.88 Å². The fraction of sp³-hybridized carbons (Fsp3) is 0.294. The molecule has 3 rings (SSSR count). The minimum Gasteiger partial charge on any atom is -0.376 e. The lowest BCUT2D eigenvalue weighted by Crippen LogP contribution is -2.50. The molecule has 0 unspecified atom stereocenters. The highest BCUT2D eigenvalue weighted by molar-refractivity contribution is 6.42. The van der Waals surface area contributed by atoms with Crippen LogP contribution in [0.5, 0.6) is 0 Å². The number of carbonyl (C=O) groups excluding carboxylic acids is 1. The summed E-state index contributed by atoms with van der Waals surface area (Å²) in [7, 11) is 0. The monoisotopic (exact) mass is 364 g/mol. The number of rotatable bonds is 4. The van der Waals surface area contributed by atoms with Crippen molar-refractivity contribution in [2.24, 2.45) is 0 Å². The van der Waals surface area contributed by atoms with Gasteiger partial charge in [0.05, 0.1) is 16.6 Å². The highest BCUT2D eigenvalue weighted by atomic mass is 35.5. The molecule has 1 aromatic carbocycles. The maximum atomic E-state index is 12.3. The van der Waals surface area contributed by atoms with Crippen LogP contribution >= 0.6 is 23.2 Å². The Labute approximate surface area is 151 Å². The molecular formula is C17H18Cl2N4O. The van der Waals surface area contributed by atoms with Crippen LogP contribution in [-0.4, -0.2) is 48.5 Å². The molecule has 24 heavy (non-hydrogen) atoms. The van der Waals surface area contributed by atoms with Crippen LogP contribution in [0.25, 0.3) is 0 Å². The molecule has 5 nitrogen and oxygen atoms in total. The van der Waals surface area contributed by atoms with E-state index in [0.717, 1.165) is 24.6 Å². The fourth-order valence-electron chi connectivity index (χ4n) is 2.62. The van der Waals surface area contributed by atoms with Crippen LogP contribution in [0.15, 0.2) is 42.6 Å². The molecule has 1 fully saturated rings. The standard InChI is InChI=1S/C17H18Cl2N4O/c18-14-5-4-13(11-15(14)19)21-12-17(24)23-9-7-22(8-10-23)16-3-1-2-6-20-16/h1-6,11,21H,7-10,12H2. The Hall–Kier alpha value is -1.98. The molecule has 0 spiro atoms. The number of nitrogens with zero attached hydrogens (tertiary/aromatic N) is 3. The fourth-order valence-corrected chi connectivity index (χ4v) is 2.92. The summed E-state index contributed by atoms with van der Waals surface area (Å²) in [6, 6.07) is 11.1. The van der Waals surface area contributed by atoms with Gasteiger partial charge in [-0.2, -0.15) is 0 Å². The zero-order valence-electron chi connectivity index (χ0n) is 13.1. The molecule has 1 saturated heterocycles. The van der Waals surface area contributed by atoms with E-state index in [9.17, 15) is 4.79 Å².